The molecule has 1 fully saturated rings. The number of carbonyl (C=O) groups excluding carboxylic acids is 1. The number of likely N-dealkylation sites (tertiary alicyclic amines) is 1. The summed E-state index contributed by atoms with van der Waals surface area (Å²) in [5.41, 5.74) is 1.48. The third-order valence-corrected chi connectivity index (χ3v) is 5.06. The van der Waals surface area contributed by atoms with Gasteiger partial charge in [-0.1, -0.05) is 0 Å². The van der Waals surface area contributed by atoms with Crippen molar-refractivity contribution in [1.82, 2.24) is 4.90 Å². The molecule has 1 amide bonds. The first kappa shape index (κ1) is 22.0. The molecular formula is C23H31NO6. The Labute approximate surface area is 177 Å². The minimum atomic E-state index is -0.536. The molecule has 1 aromatic heterocycles. The van der Waals surface area contributed by atoms with Gasteiger partial charge in [0.05, 0.1) is 46.0 Å². The number of methoxy groups -OCH3 is 2. The van der Waals surface area contributed by atoms with Crippen molar-refractivity contribution in [2.45, 2.75) is 51.4 Å². The van der Waals surface area contributed by atoms with E-state index in [2.05, 4.69) is 0 Å². The summed E-state index contributed by atoms with van der Waals surface area (Å²) >= 11 is 0. The lowest BCUT2D eigenvalue weighted by molar-refractivity contribution is -0.0360. The summed E-state index contributed by atoms with van der Waals surface area (Å²) < 4.78 is 27.8. The third-order valence-electron chi connectivity index (χ3n) is 5.06. The van der Waals surface area contributed by atoms with Crippen LogP contribution in [0.1, 0.15) is 44.2 Å². The fourth-order valence-electron chi connectivity index (χ4n) is 3.60. The first-order valence-electron chi connectivity index (χ1n) is 10.1. The number of hydrogen-bond donors (Lipinski definition) is 0. The van der Waals surface area contributed by atoms with Crippen LogP contribution in [0.3, 0.4) is 0 Å². The van der Waals surface area contributed by atoms with Crippen LogP contribution in [0.15, 0.2) is 41.2 Å². The summed E-state index contributed by atoms with van der Waals surface area (Å²) in [6.07, 6.45) is 3.68. The van der Waals surface area contributed by atoms with E-state index in [1.54, 1.807) is 31.6 Å². The predicted octanol–water partition coefficient (Wildman–Crippen LogP) is 4.61. The van der Waals surface area contributed by atoms with E-state index in [1.807, 2.05) is 45.0 Å². The van der Waals surface area contributed by atoms with Crippen LogP contribution < -0.4 is 9.47 Å². The van der Waals surface area contributed by atoms with Crippen molar-refractivity contribution in [3.05, 3.63) is 47.9 Å². The highest BCUT2D eigenvalue weighted by molar-refractivity contribution is 5.68. The second-order valence-corrected chi connectivity index (χ2v) is 8.45. The summed E-state index contributed by atoms with van der Waals surface area (Å²) in [5, 5.41) is 0. The van der Waals surface area contributed by atoms with E-state index < -0.39 is 5.60 Å². The first-order valence-corrected chi connectivity index (χ1v) is 10.1. The number of nitrogens with zero attached hydrogens (tertiary/aromatic N) is 1. The van der Waals surface area contributed by atoms with Crippen LogP contribution in [-0.2, 0) is 16.1 Å². The smallest absolute Gasteiger partial charge is 0.410 e. The summed E-state index contributed by atoms with van der Waals surface area (Å²) in [7, 11) is 3.24. The maximum absolute atomic E-state index is 12.6. The molecule has 1 aliphatic heterocycles. The van der Waals surface area contributed by atoms with Crippen LogP contribution in [0.5, 0.6) is 11.5 Å². The Balaban J connectivity index is 1.74. The zero-order valence-electron chi connectivity index (χ0n) is 18.3. The molecule has 1 aromatic carbocycles. The molecule has 2 heterocycles. The van der Waals surface area contributed by atoms with E-state index in [1.165, 1.54) is 0 Å². The Morgan fingerprint density at radius 3 is 2.43 bits per heavy atom. The van der Waals surface area contributed by atoms with Gasteiger partial charge in [0.2, 0.25) is 0 Å². The number of rotatable bonds is 6. The molecule has 0 saturated carbocycles. The average molecular weight is 418 g/mol. The van der Waals surface area contributed by atoms with Gasteiger partial charge >= 0.3 is 6.09 Å². The molecule has 0 spiro atoms. The molecule has 2 aromatic rings. The van der Waals surface area contributed by atoms with E-state index >= 15 is 0 Å². The number of benzene rings is 1. The van der Waals surface area contributed by atoms with Crippen molar-refractivity contribution in [3.63, 3.8) is 0 Å². The zero-order chi connectivity index (χ0) is 21.7. The minimum Gasteiger partial charge on any atom is -0.497 e. The lowest BCUT2D eigenvalue weighted by atomic mass is 9.88. The average Bonchev–Trinajstić information content (AvgIpc) is 3.25. The van der Waals surface area contributed by atoms with E-state index in [0.717, 1.165) is 17.5 Å². The molecule has 1 saturated heterocycles. The van der Waals surface area contributed by atoms with Gasteiger partial charge in [-0.3, -0.25) is 0 Å². The largest absolute Gasteiger partial charge is 0.497 e. The number of carbonyl (C=O) groups is 1. The molecule has 0 aliphatic carbocycles. The Bertz CT molecular complexity index is 804. The maximum atomic E-state index is 12.6. The Morgan fingerprint density at radius 2 is 1.87 bits per heavy atom. The number of ether oxygens (including phenoxy) is 4. The van der Waals surface area contributed by atoms with Gasteiger partial charge in [0.25, 0.3) is 0 Å². The fourth-order valence-corrected chi connectivity index (χ4v) is 3.60. The normalized spacial score (nSPS) is 19.4. The van der Waals surface area contributed by atoms with Crippen LogP contribution >= 0.6 is 0 Å². The van der Waals surface area contributed by atoms with Crippen molar-refractivity contribution >= 4 is 6.09 Å². The predicted molar refractivity (Wildman–Crippen MR) is 112 cm³/mol. The standard InChI is InChI=1S/C23H31NO6/c1-23(2,3)30-22(25)24-8-6-20(17-7-9-28-15-17)21(13-24)29-14-16-10-18(26-4)12-19(11-16)27-5/h7,9-12,15,20-21H,6,8,13-14H2,1-5H3. The Kier molecular flexibility index (Phi) is 6.92. The molecule has 164 valence electrons. The zero-order valence-corrected chi connectivity index (χ0v) is 18.3. The van der Waals surface area contributed by atoms with Crippen LogP contribution in [0.2, 0.25) is 0 Å². The van der Waals surface area contributed by atoms with Gasteiger partial charge in [0.15, 0.2) is 0 Å². The monoisotopic (exact) mass is 417 g/mol. The van der Waals surface area contributed by atoms with Crippen LogP contribution in [-0.4, -0.2) is 50.0 Å². The van der Waals surface area contributed by atoms with Gasteiger partial charge in [-0.2, -0.15) is 0 Å². The molecule has 2 unspecified atom stereocenters. The summed E-state index contributed by atoms with van der Waals surface area (Å²) in [5.74, 6) is 1.55. The topological polar surface area (TPSA) is 70.4 Å². The van der Waals surface area contributed by atoms with Crippen LogP contribution in [0, 0.1) is 0 Å². The highest BCUT2D eigenvalue weighted by Gasteiger charge is 2.35. The van der Waals surface area contributed by atoms with Gasteiger partial charge in [0, 0.05) is 18.5 Å². The summed E-state index contributed by atoms with van der Waals surface area (Å²) in [4.78, 5) is 14.3. The van der Waals surface area contributed by atoms with Crippen molar-refractivity contribution in [1.29, 1.82) is 0 Å². The number of furan rings is 1. The quantitative estimate of drug-likeness (QED) is 0.684. The Hall–Kier alpha value is -2.67. The molecular weight excluding hydrogens is 386 g/mol. The van der Waals surface area contributed by atoms with Gasteiger partial charge in [-0.05, 0) is 56.5 Å². The molecule has 0 N–H and O–H groups in total. The van der Waals surface area contributed by atoms with Crippen LogP contribution in [0.25, 0.3) is 0 Å². The highest BCUT2D eigenvalue weighted by atomic mass is 16.6. The van der Waals surface area contributed by atoms with Crippen molar-refractivity contribution in [3.8, 4) is 11.5 Å². The molecule has 7 heteroatoms. The number of amides is 1. The second kappa shape index (κ2) is 9.43. The van der Waals surface area contributed by atoms with E-state index in [9.17, 15) is 4.79 Å². The van der Waals surface area contributed by atoms with E-state index in [0.29, 0.717) is 31.2 Å². The SMILES string of the molecule is COc1cc(COC2CN(C(=O)OC(C)(C)C)CCC2c2ccoc2)cc(OC)c1. The van der Waals surface area contributed by atoms with Crippen molar-refractivity contribution in [2.75, 3.05) is 27.3 Å². The van der Waals surface area contributed by atoms with Crippen molar-refractivity contribution < 1.29 is 28.2 Å². The highest BCUT2D eigenvalue weighted by Crippen LogP contribution is 2.32. The van der Waals surface area contributed by atoms with Crippen LogP contribution in [0.4, 0.5) is 4.79 Å². The van der Waals surface area contributed by atoms with E-state index in [-0.39, 0.29) is 18.1 Å². The van der Waals surface area contributed by atoms with Gasteiger partial charge in [-0.25, -0.2) is 4.79 Å². The summed E-state index contributed by atoms with van der Waals surface area (Å²) in [6, 6.07) is 7.62. The molecule has 7 nitrogen and oxygen atoms in total. The second-order valence-electron chi connectivity index (χ2n) is 8.45. The molecule has 0 radical (unpaired) electrons. The molecule has 0 bridgehead atoms. The first-order chi connectivity index (χ1) is 14.3. The third kappa shape index (κ3) is 5.69. The lowest BCUT2D eigenvalue weighted by Gasteiger charge is -2.38. The number of piperidine rings is 1. The molecule has 30 heavy (non-hydrogen) atoms. The fraction of sp³-hybridized carbons (Fsp3) is 0.522. The summed E-state index contributed by atoms with van der Waals surface area (Å²) in [6.45, 7) is 7.03. The number of hydrogen-bond acceptors (Lipinski definition) is 6. The Morgan fingerprint density at radius 1 is 1.17 bits per heavy atom. The molecule has 2 atom stereocenters. The van der Waals surface area contributed by atoms with Gasteiger partial charge in [0.1, 0.15) is 17.1 Å². The molecule has 3 rings (SSSR count). The maximum Gasteiger partial charge on any atom is 0.410 e. The molecule has 1 aliphatic rings. The van der Waals surface area contributed by atoms with Crippen molar-refractivity contribution in [2.24, 2.45) is 0 Å². The van der Waals surface area contributed by atoms with Gasteiger partial charge in [-0.15, -0.1) is 0 Å². The lowest BCUT2D eigenvalue weighted by Crippen LogP contribution is -2.48. The van der Waals surface area contributed by atoms with E-state index in [4.69, 9.17) is 23.4 Å². The van der Waals surface area contributed by atoms with Gasteiger partial charge < -0.3 is 28.3 Å². The minimum absolute atomic E-state index is 0.134.